The third-order valence-corrected chi connectivity index (χ3v) is 4.21. The number of aromatic nitrogens is 10. The predicted octanol–water partition coefficient (Wildman–Crippen LogP) is -1.21. The molecule has 6 aromatic rings. The first-order valence-electron chi connectivity index (χ1n) is 10.2. The highest BCUT2D eigenvalue weighted by molar-refractivity contribution is 5.85. The normalized spacial score (nSPS) is 9.84. The number of hydrogen-bond donors (Lipinski definition) is 9. The lowest BCUT2D eigenvalue weighted by molar-refractivity contribution is 1.04. The molecule has 0 aliphatic heterocycles. The van der Waals surface area contributed by atoms with Crippen LogP contribution in [0.4, 0.5) is 17.6 Å². The first-order valence-corrected chi connectivity index (χ1v) is 10.2. The summed E-state index contributed by atoms with van der Waals surface area (Å²) in [7, 11) is 0. The van der Waals surface area contributed by atoms with E-state index in [1.54, 1.807) is 18.5 Å². The number of nitrogens with zero attached hydrogens (tertiary/aromatic N) is 4. The van der Waals surface area contributed by atoms with Crippen LogP contribution >= 0.6 is 0 Å². The van der Waals surface area contributed by atoms with E-state index in [0.29, 0.717) is 22.7 Å². The predicted molar refractivity (Wildman–Crippen MR) is 136 cm³/mol. The highest BCUT2D eigenvalue weighted by Crippen LogP contribution is 2.12. The maximum atomic E-state index is 11.1. The quantitative estimate of drug-likeness (QED) is 0.117. The molecule has 17 heteroatoms. The zero-order valence-electron chi connectivity index (χ0n) is 18.9. The van der Waals surface area contributed by atoms with Gasteiger partial charge in [0.05, 0.1) is 10.8 Å². The fourth-order valence-corrected chi connectivity index (χ4v) is 2.63. The van der Waals surface area contributed by atoms with Gasteiger partial charge in [0.25, 0.3) is 11.1 Å². The van der Waals surface area contributed by atoms with E-state index in [0.717, 1.165) is 11.0 Å². The van der Waals surface area contributed by atoms with E-state index >= 15 is 0 Å². The van der Waals surface area contributed by atoms with Crippen LogP contribution in [0.2, 0.25) is 0 Å². The molecule has 0 radical (unpaired) electrons. The Balaban J connectivity index is 0.000000139. The van der Waals surface area contributed by atoms with Crippen molar-refractivity contribution >= 4 is 39.7 Å². The molecule has 17 nitrogen and oxygen atoms in total. The van der Waals surface area contributed by atoms with Gasteiger partial charge >= 0.3 is 11.4 Å². The van der Waals surface area contributed by atoms with Gasteiger partial charge in [0.1, 0.15) is 29.3 Å². The van der Waals surface area contributed by atoms with E-state index in [4.69, 9.17) is 17.2 Å². The first-order chi connectivity index (χ1) is 17.7. The second kappa shape index (κ2) is 11.9. The molecular weight excluding hydrogens is 486 g/mol. The topological polar surface area (TPSA) is 293 Å². The van der Waals surface area contributed by atoms with Crippen molar-refractivity contribution in [3.8, 4) is 0 Å². The Kier molecular flexibility index (Phi) is 8.26. The summed E-state index contributed by atoms with van der Waals surface area (Å²) in [5, 5.41) is 1.40. The van der Waals surface area contributed by atoms with E-state index in [1.807, 2.05) is 11.1 Å². The molecule has 0 aliphatic carbocycles. The van der Waals surface area contributed by atoms with Crippen molar-refractivity contribution in [3.63, 3.8) is 0 Å². The number of rotatable bonds is 0. The van der Waals surface area contributed by atoms with Crippen LogP contribution in [0.3, 0.4) is 0 Å². The molecule has 0 aromatic carbocycles. The van der Waals surface area contributed by atoms with Gasteiger partial charge < -0.3 is 32.2 Å². The van der Waals surface area contributed by atoms with E-state index in [9.17, 15) is 19.2 Å². The summed E-state index contributed by atoms with van der Waals surface area (Å²) in [5.74, 6) is 0.987. The lowest BCUT2D eigenvalue weighted by Gasteiger charge is -1.90. The van der Waals surface area contributed by atoms with Crippen molar-refractivity contribution in [2.24, 2.45) is 0 Å². The van der Waals surface area contributed by atoms with Gasteiger partial charge in [0.15, 0.2) is 0 Å². The van der Waals surface area contributed by atoms with Gasteiger partial charge in [-0.05, 0) is 18.2 Å². The number of hydrogen-bond acceptors (Lipinski definition) is 11. The second-order valence-corrected chi connectivity index (χ2v) is 6.82. The summed E-state index contributed by atoms with van der Waals surface area (Å²) in [4.78, 5) is 71.4. The van der Waals surface area contributed by atoms with Crippen molar-refractivity contribution in [1.29, 1.82) is 0 Å². The molecule has 0 bridgehead atoms. The Labute approximate surface area is 204 Å². The molecule has 6 heterocycles. The van der Waals surface area contributed by atoms with Crippen molar-refractivity contribution in [2.75, 3.05) is 17.2 Å². The van der Waals surface area contributed by atoms with E-state index < -0.39 is 11.4 Å². The zero-order valence-corrected chi connectivity index (χ0v) is 18.9. The largest absolute Gasteiger partial charge is 0.385 e. The molecule has 0 saturated carbocycles. The molecule has 0 unspecified atom stereocenters. The lowest BCUT2D eigenvalue weighted by atomic mass is 10.4. The molecule has 190 valence electrons. The Hall–Kier alpha value is -6.00. The van der Waals surface area contributed by atoms with Crippen molar-refractivity contribution in [1.82, 2.24) is 49.8 Å². The molecule has 6 aromatic heterocycles. The third kappa shape index (κ3) is 7.50. The van der Waals surface area contributed by atoms with Crippen LogP contribution in [0.5, 0.6) is 0 Å². The lowest BCUT2D eigenvalue weighted by Crippen LogP contribution is -2.19. The van der Waals surface area contributed by atoms with Gasteiger partial charge in [-0.3, -0.25) is 24.5 Å². The van der Waals surface area contributed by atoms with E-state index in [1.165, 1.54) is 30.9 Å². The Morgan fingerprint density at radius 2 is 1.38 bits per heavy atom. The molecule has 0 fully saturated rings. The monoisotopic (exact) mass is 507 g/mol. The fourth-order valence-electron chi connectivity index (χ4n) is 2.63. The second-order valence-electron chi connectivity index (χ2n) is 6.82. The van der Waals surface area contributed by atoms with Crippen molar-refractivity contribution in [2.45, 2.75) is 0 Å². The Morgan fingerprint density at radius 3 is 1.97 bits per heavy atom. The van der Waals surface area contributed by atoms with Crippen LogP contribution in [0.15, 0.2) is 74.6 Å². The van der Waals surface area contributed by atoms with Gasteiger partial charge in [-0.15, -0.1) is 0 Å². The maximum absolute atomic E-state index is 11.1. The van der Waals surface area contributed by atoms with Gasteiger partial charge in [-0.1, -0.05) is 0 Å². The molecule has 12 N–H and O–H groups in total. The number of nitrogens with two attached hydrogens (primary N) is 3. The van der Waals surface area contributed by atoms with Gasteiger partial charge in [-0.25, -0.2) is 24.5 Å². The summed E-state index contributed by atoms with van der Waals surface area (Å²) in [6, 6.07) is 6.26. The average molecular weight is 507 g/mol. The molecular formula is C20H21N13O4. The van der Waals surface area contributed by atoms with E-state index in [-0.39, 0.29) is 17.1 Å². The standard InChI is InChI=1S/C6H6N4O.C6H6N4.C4H5N3O.C4H4N2O2/c7-6-9-4-3(1-2-8-4)5(11)10-6;7-5-4-1-2-8-6(4)10-3-9-5;5-3-1-2-6-4(8)7-3;7-3-1-2-5-4(8)6-3/h1-2H,(H4,7,8,9,10,11);1-3H,(H3,7,8,9,10);1-2H,(H3,5,6,7,8);1-2H,(H2,5,6,7,8). The summed E-state index contributed by atoms with van der Waals surface area (Å²) in [6.45, 7) is 0. The SMILES string of the molecule is Nc1ccnc(=O)[nH]1.Nc1nc2[nH]ccc2c(=O)[nH]1.Nc1ncnc2[nH]ccc12.O=c1cc[nH]c(=O)[nH]1. The minimum Gasteiger partial charge on any atom is -0.385 e. The molecule has 0 atom stereocenters. The summed E-state index contributed by atoms with van der Waals surface area (Å²) in [5.41, 5.74) is 15.8. The summed E-state index contributed by atoms with van der Waals surface area (Å²) >= 11 is 0. The molecule has 0 amide bonds. The van der Waals surface area contributed by atoms with Crippen molar-refractivity contribution in [3.05, 3.63) is 97.1 Å². The first kappa shape index (κ1) is 25.6. The number of nitrogens with one attached hydrogen (secondary N) is 6. The van der Waals surface area contributed by atoms with Crippen LogP contribution in [0, 0.1) is 0 Å². The minimum atomic E-state index is -0.475. The number of H-pyrrole nitrogens is 6. The minimum absolute atomic E-state index is 0.130. The molecule has 37 heavy (non-hydrogen) atoms. The fraction of sp³-hybridized carbons (Fsp3) is 0. The van der Waals surface area contributed by atoms with Crippen LogP contribution in [-0.4, -0.2) is 49.8 Å². The summed E-state index contributed by atoms with van der Waals surface area (Å²) in [6.07, 6.45) is 7.52. The van der Waals surface area contributed by atoms with Gasteiger partial charge in [-0.2, -0.15) is 4.98 Å². The van der Waals surface area contributed by atoms with Gasteiger partial charge in [0.2, 0.25) is 5.95 Å². The number of nitrogen functional groups attached to an aromatic ring is 3. The Bertz CT molecular complexity index is 1800. The number of fused-ring (bicyclic) bond motifs is 2. The average Bonchev–Trinajstić information content (AvgIpc) is 3.51. The third-order valence-electron chi connectivity index (χ3n) is 4.21. The molecule has 0 aliphatic rings. The number of anilines is 3. The maximum Gasteiger partial charge on any atom is 0.346 e. The van der Waals surface area contributed by atoms with Crippen LogP contribution in [0.25, 0.3) is 22.1 Å². The Morgan fingerprint density at radius 1 is 0.676 bits per heavy atom. The van der Waals surface area contributed by atoms with Crippen LogP contribution < -0.4 is 39.7 Å². The molecule has 6 rings (SSSR count). The van der Waals surface area contributed by atoms with Crippen LogP contribution in [0.1, 0.15) is 0 Å². The molecule has 0 saturated heterocycles. The van der Waals surface area contributed by atoms with Crippen LogP contribution in [-0.2, 0) is 0 Å². The van der Waals surface area contributed by atoms with Gasteiger partial charge in [0, 0.05) is 30.9 Å². The highest BCUT2D eigenvalue weighted by Gasteiger charge is 2.00. The highest BCUT2D eigenvalue weighted by atomic mass is 16.2. The molecule has 0 spiro atoms. The van der Waals surface area contributed by atoms with Crippen molar-refractivity contribution < 1.29 is 0 Å². The summed E-state index contributed by atoms with van der Waals surface area (Å²) < 4.78 is 0. The number of aromatic amines is 6. The smallest absolute Gasteiger partial charge is 0.346 e. The van der Waals surface area contributed by atoms with E-state index in [2.05, 4.69) is 44.9 Å². The zero-order chi connectivity index (χ0) is 26.8.